The van der Waals surface area contributed by atoms with E-state index >= 15 is 0 Å². The van der Waals surface area contributed by atoms with Gasteiger partial charge in [0.25, 0.3) is 0 Å². The van der Waals surface area contributed by atoms with Crippen molar-refractivity contribution in [1.82, 2.24) is 0 Å². The Balaban J connectivity index is 1.05. The SMILES string of the molecule is C1=CC2=C(CC1)c1ccccc1C21c2ccc(-c3ccccc3)cc2Oc2c(N(c3ccccc3)c3cccc4c3oc3ccc(C(c5ccccc5)c5ccccc5)cc34)cccc21. The van der Waals surface area contributed by atoms with Crippen molar-refractivity contribution in [2.45, 2.75) is 24.2 Å². The highest BCUT2D eigenvalue weighted by atomic mass is 16.5. The first-order valence-corrected chi connectivity index (χ1v) is 22.7. The van der Waals surface area contributed by atoms with Crippen LogP contribution in [0.25, 0.3) is 38.6 Å². The van der Waals surface area contributed by atoms with Crippen LogP contribution in [0.15, 0.2) is 241 Å². The number of nitrogens with zero attached hydrogens (tertiary/aromatic N) is 1. The maximum absolute atomic E-state index is 7.45. The minimum Gasteiger partial charge on any atom is -0.454 e. The molecule has 65 heavy (non-hydrogen) atoms. The fourth-order valence-electron chi connectivity index (χ4n) is 11.2. The van der Waals surface area contributed by atoms with Crippen LogP contribution in [-0.4, -0.2) is 0 Å². The zero-order valence-corrected chi connectivity index (χ0v) is 35.7. The summed E-state index contributed by atoms with van der Waals surface area (Å²) in [5, 5.41) is 2.15. The number of allylic oxidation sites excluding steroid dienone is 4. The Morgan fingerprint density at radius 2 is 1.17 bits per heavy atom. The highest BCUT2D eigenvalue weighted by Crippen LogP contribution is 2.65. The molecule has 0 bridgehead atoms. The smallest absolute Gasteiger partial charge is 0.159 e. The molecule has 0 N–H and O–H groups in total. The summed E-state index contributed by atoms with van der Waals surface area (Å²) in [7, 11) is 0. The van der Waals surface area contributed by atoms with Gasteiger partial charge in [0.2, 0.25) is 0 Å². The highest BCUT2D eigenvalue weighted by molar-refractivity contribution is 6.11. The Bertz CT molecular complexity index is 3470. The van der Waals surface area contributed by atoms with E-state index in [4.69, 9.17) is 9.15 Å². The number of rotatable bonds is 7. The van der Waals surface area contributed by atoms with Crippen molar-refractivity contribution < 1.29 is 9.15 Å². The van der Waals surface area contributed by atoms with Gasteiger partial charge in [0.1, 0.15) is 11.3 Å². The first-order valence-electron chi connectivity index (χ1n) is 22.7. The number of hydrogen-bond acceptors (Lipinski definition) is 3. The van der Waals surface area contributed by atoms with Crippen LogP contribution in [0.5, 0.6) is 11.5 Å². The van der Waals surface area contributed by atoms with Crippen molar-refractivity contribution in [3.63, 3.8) is 0 Å². The Labute approximate surface area is 378 Å². The summed E-state index contributed by atoms with van der Waals surface area (Å²) in [5.41, 5.74) is 17.7. The van der Waals surface area contributed by atoms with Crippen LogP contribution in [0.4, 0.5) is 17.1 Å². The number of hydrogen-bond donors (Lipinski definition) is 0. The monoisotopic (exact) mass is 833 g/mol. The lowest BCUT2D eigenvalue weighted by Gasteiger charge is -2.42. The van der Waals surface area contributed by atoms with Gasteiger partial charge in [-0.1, -0.05) is 188 Å². The molecule has 1 unspecified atom stereocenters. The predicted octanol–water partition coefficient (Wildman–Crippen LogP) is 16.5. The predicted molar refractivity (Wildman–Crippen MR) is 266 cm³/mol. The standard InChI is InChI=1S/C62H43NO2/c1-5-19-41(20-6-1)44-35-37-53-58(40-44)65-61-54(62(53)51-30-15-13-27-47(51)48-28-14-16-31-52(48)62)32-18-34-56(61)63(46-25-11-4-12-26-46)55-33-17-29-49-50-39-45(36-38-57(50)64-60(49)55)59(42-21-7-2-8-22-42)43-23-9-3-10-24-43/h1-13,15-27,29-40,59H,14,28H2. The van der Waals surface area contributed by atoms with Crippen molar-refractivity contribution in [2.24, 2.45) is 0 Å². The average molecular weight is 834 g/mol. The number of benzene rings is 9. The second-order valence-corrected chi connectivity index (χ2v) is 17.4. The summed E-state index contributed by atoms with van der Waals surface area (Å²) >= 11 is 0. The molecule has 0 radical (unpaired) electrons. The minimum atomic E-state index is -0.588. The third-order valence-corrected chi connectivity index (χ3v) is 13.9. The lowest BCUT2D eigenvalue weighted by molar-refractivity contribution is 0.437. The highest BCUT2D eigenvalue weighted by Gasteiger charge is 2.52. The third kappa shape index (κ3) is 5.75. The lowest BCUT2D eigenvalue weighted by atomic mass is 9.64. The Morgan fingerprint density at radius 1 is 0.492 bits per heavy atom. The van der Waals surface area contributed by atoms with Gasteiger partial charge < -0.3 is 14.1 Å². The summed E-state index contributed by atoms with van der Waals surface area (Å²) in [4.78, 5) is 2.34. The maximum atomic E-state index is 7.45. The van der Waals surface area contributed by atoms with Crippen molar-refractivity contribution in [1.29, 1.82) is 0 Å². The molecule has 0 amide bonds. The first-order chi connectivity index (χ1) is 32.3. The fourth-order valence-corrected chi connectivity index (χ4v) is 11.2. The molecule has 308 valence electrons. The molecular weight excluding hydrogens is 791 g/mol. The van der Waals surface area contributed by atoms with E-state index in [1.807, 2.05) is 0 Å². The van der Waals surface area contributed by atoms with Crippen LogP contribution in [0, 0.1) is 0 Å². The molecule has 1 atom stereocenters. The lowest BCUT2D eigenvalue weighted by Crippen LogP contribution is -2.33. The Kier molecular flexibility index (Phi) is 8.64. The van der Waals surface area contributed by atoms with E-state index in [2.05, 4.69) is 235 Å². The van der Waals surface area contributed by atoms with E-state index in [0.717, 1.165) is 85.6 Å². The normalized spacial score (nSPS) is 15.8. The molecule has 13 rings (SSSR count). The van der Waals surface area contributed by atoms with Gasteiger partial charge in [-0.2, -0.15) is 0 Å². The second-order valence-electron chi connectivity index (χ2n) is 17.4. The largest absolute Gasteiger partial charge is 0.454 e. The van der Waals surface area contributed by atoms with Crippen LogP contribution in [0.3, 0.4) is 0 Å². The Hall–Kier alpha value is -8.14. The number of furan rings is 1. The first kappa shape index (κ1) is 37.4. The topological polar surface area (TPSA) is 25.6 Å². The molecule has 10 aromatic rings. The molecule has 1 aromatic heterocycles. The van der Waals surface area contributed by atoms with E-state index in [0.29, 0.717) is 0 Å². The zero-order chi connectivity index (χ0) is 42.9. The third-order valence-electron chi connectivity index (χ3n) is 13.9. The minimum absolute atomic E-state index is 0.0664. The summed E-state index contributed by atoms with van der Waals surface area (Å²) in [5.74, 6) is 1.76. The summed E-state index contributed by atoms with van der Waals surface area (Å²) in [6.07, 6.45) is 6.78. The van der Waals surface area contributed by atoms with E-state index in [1.54, 1.807) is 0 Å². The van der Waals surface area contributed by atoms with Crippen LogP contribution in [0.2, 0.25) is 0 Å². The number of fused-ring (bicyclic) bond motifs is 11. The van der Waals surface area contributed by atoms with Gasteiger partial charge in [0.15, 0.2) is 11.3 Å². The van der Waals surface area contributed by atoms with Gasteiger partial charge in [0, 0.05) is 33.5 Å². The second kappa shape index (κ2) is 15.0. The molecule has 0 saturated heterocycles. The summed E-state index contributed by atoms with van der Waals surface area (Å²) in [6.45, 7) is 0. The fraction of sp³-hybridized carbons (Fsp3) is 0.0645. The molecule has 3 aliphatic rings. The van der Waals surface area contributed by atoms with Crippen molar-refractivity contribution in [3.8, 4) is 22.6 Å². The molecule has 0 fully saturated rings. The van der Waals surface area contributed by atoms with Crippen LogP contribution >= 0.6 is 0 Å². The number of anilines is 3. The van der Waals surface area contributed by atoms with Gasteiger partial charge in [-0.3, -0.25) is 0 Å². The average Bonchev–Trinajstić information content (AvgIpc) is 3.90. The molecule has 1 spiro atoms. The van der Waals surface area contributed by atoms with Crippen LogP contribution in [-0.2, 0) is 5.41 Å². The molecule has 3 heteroatoms. The van der Waals surface area contributed by atoms with Crippen LogP contribution in [0.1, 0.15) is 57.7 Å². The van der Waals surface area contributed by atoms with Crippen molar-refractivity contribution >= 4 is 44.6 Å². The van der Waals surface area contributed by atoms with Gasteiger partial charge in [-0.25, -0.2) is 0 Å². The van der Waals surface area contributed by atoms with E-state index in [9.17, 15) is 0 Å². The van der Waals surface area contributed by atoms with E-state index in [1.165, 1.54) is 39.0 Å². The molecule has 0 saturated carbocycles. The van der Waals surface area contributed by atoms with Crippen molar-refractivity contribution in [3.05, 3.63) is 275 Å². The molecule has 3 nitrogen and oxygen atoms in total. The Morgan fingerprint density at radius 3 is 1.95 bits per heavy atom. The van der Waals surface area contributed by atoms with E-state index < -0.39 is 5.41 Å². The molecule has 9 aromatic carbocycles. The number of ether oxygens (including phenoxy) is 1. The summed E-state index contributed by atoms with van der Waals surface area (Å²) < 4.78 is 14.5. The van der Waals surface area contributed by atoms with Gasteiger partial charge in [-0.15, -0.1) is 0 Å². The van der Waals surface area contributed by atoms with Crippen LogP contribution < -0.4 is 9.64 Å². The van der Waals surface area contributed by atoms with Crippen molar-refractivity contribution in [2.75, 3.05) is 4.90 Å². The van der Waals surface area contributed by atoms with Gasteiger partial charge in [-0.05, 0) is 105 Å². The quantitative estimate of drug-likeness (QED) is 0.150. The zero-order valence-electron chi connectivity index (χ0n) is 35.7. The van der Waals surface area contributed by atoms with Gasteiger partial charge in [0.05, 0.1) is 16.8 Å². The summed E-state index contributed by atoms with van der Waals surface area (Å²) in [6, 6.07) is 78.7. The molecule has 2 aliphatic carbocycles. The maximum Gasteiger partial charge on any atom is 0.159 e. The van der Waals surface area contributed by atoms with Gasteiger partial charge >= 0.3 is 0 Å². The number of para-hydroxylation sites is 3. The van der Waals surface area contributed by atoms with E-state index in [-0.39, 0.29) is 5.92 Å². The molecule has 2 heterocycles. The molecule has 1 aliphatic heterocycles. The molecular formula is C62H43NO2.